The number of benzene rings is 2. The van der Waals surface area contributed by atoms with E-state index in [4.69, 9.17) is 0 Å². The van der Waals surface area contributed by atoms with Crippen LogP contribution >= 0.6 is 0 Å². The Balaban J connectivity index is 1.61. The molecule has 0 spiro atoms. The van der Waals surface area contributed by atoms with Crippen LogP contribution in [0.25, 0.3) is 0 Å². The summed E-state index contributed by atoms with van der Waals surface area (Å²) in [6, 6.07) is 11.2. The van der Waals surface area contributed by atoms with Crippen LogP contribution in [-0.4, -0.2) is 39.7 Å². The largest absolute Gasteiger partial charge is 0.370 e. The average molecular weight is 403 g/mol. The van der Waals surface area contributed by atoms with E-state index in [9.17, 15) is 17.6 Å². The van der Waals surface area contributed by atoms with Crippen molar-refractivity contribution in [3.8, 4) is 0 Å². The van der Waals surface area contributed by atoms with Crippen molar-refractivity contribution in [2.45, 2.75) is 19.3 Å². The van der Waals surface area contributed by atoms with E-state index in [-0.39, 0.29) is 17.0 Å². The zero-order valence-electron chi connectivity index (χ0n) is 15.4. The lowest BCUT2D eigenvalue weighted by Gasteiger charge is -2.22. The Morgan fingerprint density at radius 2 is 1.75 bits per heavy atom. The molecule has 2 heterocycles. The summed E-state index contributed by atoms with van der Waals surface area (Å²) >= 11 is 0. The van der Waals surface area contributed by atoms with Crippen LogP contribution < -0.4 is 14.5 Å². The summed E-state index contributed by atoms with van der Waals surface area (Å²) in [6.45, 7) is 2.06. The van der Waals surface area contributed by atoms with Crippen LogP contribution in [0.5, 0.6) is 0 Å². The minimum absolute atomic E-state index is 0.109. The molecule has 2 aliphatic heterocycles. The summed E-state index contributed by atoms with van der Waals surface area (Å²) in [5.74, 6) is -0.849. The van der Waals surface area contributed by atoms with Crippen LogP contribution in [0, 0.1) is 5.82 Å². The molecular weight excluding hydrogens is 381 g/mol. The lowest BCUT2D eigenvalue weighted by Crippen LogP contribution is -2.25. The van der Waals surface area contributed by atoms with Gasteiger partial charge in [0.25, 0.3) is 5.91 Å². The average Bonchev–Trinajstić information content (AvgIpc) is 3.32. The Bertz CT molecular complexity index is 1000. The van der Waals surface area contributed by atoms with Crippen molar-refractivity contribution >= 4 is 33.0 Å². The Kier molecular flexibility index (Phi) is 4.97. The Morgan fingerprint density at radius 1 is 1.00 bits per heavy atom. The van der Waals surface area contributed by atoms with Crippen LogP contribution in [0.2, 0.25) is 0 Å². The summed E-state index contributed by atoms with van der Waals surface area (Å²) in [5.41, 5.74) is 1.58. The molecule has 2 aromatic rings. The topological polar surface area (TPSA) is 69.7 Å². The number of rotatable bonds is 4. The normalized spacial score (nSPS) is 18.5. The second-order valence-corrected chi connectivity index (χ2v) is 9.09. The second-order valence-electron chi connectivity index (χ2n) is 7.07. The van der Waals surface area contributed by atoms with Gasteiger partial charge in [0, 0.05) is 25.2 Å². The SMILES string of the molecule is O=C(Nc1c(F)cccc1N1CCCC1)c1cccc(N2CCCS2(=O)=O)c1. The highest BCUT2D eigenvalue weighted by Crippen LogP contribution is 2.32. The fourth-order valence-corrected chi connectivity index (χ4v) is 5.33. The molecule has 0 radical (unpaired) electrons. The number of carbonyl (C=O) groups is 1. The lowest BCUT2D eigenvalue weighted by molar-refractivity contribution is 0.102. The fraction of sp³-hybridized carbons (Fsp3) is 0.350. The molecule has 0 atom stereocenters. The summed E-state index contributed by atoms with van der Waals surface area (Å²) < 4.78 is 40.1. The zero-order chi connectivity index (χ0) is 19.7. The molecule has 2 fully saturated rings. The molecule has 4 rings (SSSR count). The predicted molar refractivity (Wildman–Crippen MR) is 108 cm³/mol. The monoisotopic (exact) mass is 403 g/mol. The molecule has 28 heavy (non-hydrogen) atoms. The standard InChI is InChI=1S/C20H22FN3O3S/c21-17-8-4-9-18(23-10-1-2-11-23)19(17)22-20(25)15-6-3-7-16(14-15)24-12-5-13-28(24,26)27/h3-4,6-9,14H,1-2,5,10-13H2,(H,22,25). The first-order valence-corrected chi connectivity index (χ1v) is 11.0. The maximum atomic E-state index is 14.5. The molecule has 1 N–H and O–H groups in total. The molecule has 0 aromatic heterocycles. The highest BCUT2D eigenvalue weighted by molar-refractivity contribution is 7.93. The van der Waals surface area contributed by atoms with E-state index in [0.717, 1.165) is 25.9 Å². The molecule has 0 unspecified atom stereocenters. The quantitative estimate of drug-likeness (QED) is 0.851. The smallest absolute Gasteiger partial charge is 0.255 e. The van der Waals surface area contributed by atoms with E-state index in [0.29, 0.717) is 24.3 Å². The second kappa shape index (κ2) is 7.43. The number of sulfonamides is 1. The van der Waals surface area contributed by atoms with Gasteiger partial charge in [-0.3, -0.25) is 9.10 Å². The zero-order valence-corrected chi connectivity index (χ0v) is 16.2. The van der Waals surface area contributed by atoms with E-state index in [1.54, 1.807) is 30.3 Å². The number of hydrogen-bond acceptors (Lipinski definition) is 4. The predicted octanol–water partition coefficient (Wildman–Crippen LogP) is 3.22. The highest BCUT2D eigenvalue weighted by atomic mass is 32.2. The van der Waals surface area contributed by atoms with Crippen molar-refractivity contribution in [3.05, 3.63) is 53.8 Å². The van der Waals surface area contributed by atoms with Crippen LogP contribution in [-0.2, 0) is 10.0 Å². The van der Waals surface area contributed by atoms with Crippen molar-refractivity contribution in [2.75, 3.05) is 39.9 Å². The Labute approximate surface area is 164 Å². The third kappa shape index (κ3) is 3.56. The maximum absolute atomic E-state index is 14.5. The number of carbonyl (C=O) groups excluding carboxylic acids is 1. The van der Waals surface area contributed by atoms with Gasteiger partial charge in [0.1, 0.15) is 11.5 Å². The van der Waals surface area contributed by atoms with E-state index >= 15 is 0 Å². The molecule has 8 heteroatoms. The molecule has 0 saturated carbocycles. The van der Waals surface area contributed by atoms with Crippen molar-refractivity contribution in [2.24, 2.45) is 0 Å². The Hall–Kier alpha value is -2.61. The lowest BCUT2D eigenvalue weighted by atomic mass is 10.1. The number of para-hydroxylation sites is 1. The maximum Gasteiger partial charge on any atom is 0.255 e. The van der Waals surface area contributed by atoms with Crippen LogP contribution in [0.1, 0.15) is 29.6 Å². The summed E-state index contributed by atoms with van der Waals surface area (Å²) in [4.78, 5) is 14.9. The molecule has 2 aliphatic rings. The van der Waals surface area contributed by atoms with Crippen molar-refractivity contribution < 1.29 is 17.6 Å². The fourth-order valence-electron chi connectivity index (χ4n) is 3.78. The van der Waals surface area contributed by atoms with Crippen LogP contribution in [0.4, 0.5) is 21.5 Å². The van der Waals surface area contributed by atoms with Crippen molar-refractivity contribution in [1.29, 1.82) is 0 Å². The molecule has 1 amide bonds. The molecule has 2 aromatic carbocycles. The minimum Gasteiger partial charge on any atom is -0.370 e. The summed E-state index contributed by atoms with van der Waals surface area (Å²) in [5, 5.41) is 2.69. The van der Waals surface area contributed by atoms with Gasteiger partial charge in [-0.1, -0.05) is 12.1 Å². The third-order valence-electron chi connectivity index (χ3n) is 5.17. The first-order chi connectivity index (χ1) is 13.5. The van der Waals surface area contributed by atoms with Crippen LogP contribution in [0.3, 0.4) is 0 Å². The van der Waals surface area contributed by atoms with Crippen molar-refractivity contribution in [1.82, 2.24) is 0 Å². The van der Waals surface area contributed by atoms with Gasteiger partial charge in [0.15, 0.2) is 0 Å². The van der Waals surface area contributed by atoms with E-state index < -0.39 is 21.7 Å². The number of nitrogens with zero attached hydrogens (tertiary/aromatic N) is 2. The van der Waals surface area contributed by atoms with Gasteiger partial charge in [0.05, 0.1) is 17.1 Å². The molecule has 148 valence electrons. The number of amides is 1. The van der Waals surface area contributed by atoms with E-state index in [2.05, 4.69) is 10.2 Å². The minimum atomic E-state index is -3.33. The summed E-state index contributed by atoms with van der Waals surface area (Å²) in [6.07, 6.45) is 2.64. The number of anilines is 3. The Morgan fingerprint density at radius 3 is 2.46 bits per heavy atom. The molecule has 0 aliphatic carbocycles. The van der Waals surface area contributed by atoms with Gasteiger partial charge in [-0.05, 0) is 49.6 Å². The number of halogens is 1. The van der Waals surface area contributed by atoms with E-state index in [1.165, 1.54) is 16.4 Å². The first-order valence-electron chi connectivity index (χ1n) is 9.41. The van der Waals surface area contributed by atoms with E-state index in [1.807, 2.05) is 0 Å². The number of hydrogen-bond donors (Lipinski definition) is 1. The van der Waals surface area contributed by atoms with Gasteiger partial charge in [-0.25, -0.2) is 12.8 Å². The van der Waals surface area contributed by atoms with Gasteiger partial charge in [-0.15, -0.1) is 0 Å². The van der Waals surface area contributed by atoms with Gasteiger partial charge in [-0.2, -0.15) is 0 Å². The third-order valence-corrected chi connectivity index (χ3v) is 7.04. The van der Waals surface area contributed by atoms with Crippen molar-refractivity contribution in [3.63, 3.8) is 0 Å². The molecule has 0 bridgehead atoms. The molecular formula is C20H22FN3O3S. The first kappa shape index (κ1) is 18.7. The van der Waals surface area contributed by atoms with Crippen LogP contribution in [0.15, 0.2) is 42.5 Å². The highest BCUT2D eigenvalue weighted by Gasteiger charge is 2.29. The number of nitrogens with one attached hydrogen (secondary N) is 1. The summed E-state index contributed by atoms with van der Waals surface area (Å²) in [7, 11) is -3.33. The van der Waals surface area contributed by atoms with Gasteiger partial charge in [0.2, 0.25) is 10.0 Å². The van der Waals surface area contributed by atoms with Gasteiger partial charge >= 0.3 is 0 Å². The molecule has 2 saturated heterocycles. The molecule has 6 nitrogen and oxygen atoms in total. The van der Waals surface area contributed by atoms with Gasteiger partial charge < -0.3 is 10.2 Å².